The third kappa shape index (κ3) is 3.16. The molecule has 0 unspecified atom stereocenters. The van der Waals surface area contributed by atoms with Gasteiger partial charge in [0, 0.05) is 29.6 Å². The molecule has 1 aromatic carbocycles. The first-order chi connectivity index (χ1) is 9.63. The highest BCUT2D eigenvalue weighted by atomic mass is 35.5. The van der Waals surface area contributed by atoms with Crippen LogP contribution in [-0.4, -0.2) is 20.8 Å². The molecule has 20 heavy (non-hydrogen) atoms. The van der Waals surface area contributed by atoms with Gasteiger partial charge in [-0.2, -0.15) is 0 Å². The lowest BCUT2D eigenvalue weighted by atomic mass is 10.2. The van der Waals surface area contributed by atoms with Crippen molar-refractivity contribution in [2.75, 3.05) is 0 Å². The van der Waals surface area contributed by atoms with Crippen molar-refractivity contribution >= 4 is 23.4 Å². The van der Waals surface area contributed by atoms with Crippen molar-refractivity contribution in [1.29, 1.82) is 0 Å². The first-order valence-electron chi connectivity index (χ1n) is 6.69. The Bertz CT molecular complexity index is 622. The third-order valence-corrected chi connectivity index (χ3v) is 4.82. The number of aromatic nitrogens is 3. The van der Waals surface area contributed by atoms with Crippen LogP contribution in [0.1, 0.15) is 24.2 Å². The first-order valence-corrected chi connectivity index (χ1v) is 7.88. The summed E-state index contributed by atoms with van der Waals surface area (Å²) in [5.41, 5.74) is 1.15. The van der Waals surface area contributed by atoms with E-state index < -0.39 is 0 Å². The minimum atomic E-state index is 0.696. The second kappa shape index (κ2) is 5.76. The lowest BCUT2D eigenvalue weighted by molar-refractivity contribution is 0.687. The van der Waals surface area contributed by atoms with E-state index in [0.29, 0.717) is 6.04 Å². The summed E-state index contributed by atoms with van der Waals surface area (Å²) < 4.78 is 1.97. The summed E-state index contributed by atoms with van der Waals surface area (Å²) in [6, 6.07) is 6.87. The second-order valence-corrected chi connectivity index (χ2v) is 6.55. The summed E-state index contributed by atoms with van der Waals surface area (Å²) in [6.07, 6.45) is 2.58. The molecule has 0 radical (unpaired) electrons. The lowest BCUT2D eigenvalue weighted by Gasteiger charge is -2.08. The maximum Gasteiger partial charge on any atom is 0.195 e. The van der Waals surface area contributed by atoms with Crippen LogP contribution in [-0.2, 0) is 13.6 Å². The van der Waals surface area contributed by atoms with Crippen LogP contribution in [0.4, 0.5) is 0 Å². The van der Waals surface area contributed by atoms with Crippen LogP contribution in [0.15, 0.2) is 28.3 Å². The zero-order valence-electron chi connectivity index (χ0n) is 11.6. The number of nitrogens with zero attached hydrogens (tertiary/aromatic N) is 3. The van der Waals surface area contributed by atoms with Crippen molar-refractivity contribution in [1.82, 2.24) is 20.1 Å². The number of halogens is 1. The van der Waals surface area contributed by atoms with E-state index in [4.69, 9.17) is 11.6 Å². The predicted octanol–water partition coefficient (Wildman–Crippen LogP) is 3.18. The van der Waals surface area contributed by atoms with Gasteiger partial charge < -0.3 is 9.88 Å². The molecular formula is C14H17ClN4S. The molecule has 2 aromatic rings. The molecule has 6 heteroatoms. The topological polar surface area (TPSA) is 42.7 Å². The molecule has 1 fully saturated rings. The highest BCUT2D eigenvalue weighted by Crippen LogP contribution is 2.30. The van der Waals surface area contributed by atoms with E-state index in [1.807, 2.05) is 24.6 Å². The van der Waals surface area contributed by atoms with Crippen molar-refractivity contribution < 1.29 is 0 Å². The zero-order chi connectivity index (χ0) is 14.1. The molecule has 1 aromatic heterocycles. The van der Waals surface area contributed by atoms with Gasteiger partial charge in [0.25, 0.3) is 0 Å². The van der Waals surface area contributed by atoms with Gasteiger partial charge in [-0.25, -0.2) is 0 Å². The fourth-order valence-corrected chi connectivity index (χ4v) is 3.05. The lowest BCUT2D eigenvalue weighted by Crippen LogP contribution is -2.15. The molecule has 0 amide bonds. The van der Waals surface area contributed by atoms with Crippen molar-refractivity contribution in [2.45, 2.75) is 42.4 Å². The van der Waals surface area contributed by atoms with Crippen LogP contribution in [0.5, 0.6) is 0 Å². The van der Waals surface area contributed by atoms with Crippen LogP contribution in [0.2, 0.25) is 5.02 Å². The van der Waals surface area contributed by atoms with E-state index in [-0.39, 0.29) is 0 Å². The smallest absolute Gasteiger partial charge is 0.195 e. The standard InChI is InChI=1S/C14H17ClN4S/c1-9-17-18-14(19(9)2)20-12-6-3-10(13(15)7-12)8-16-11-4-5-11/h3,6-7,11,16H,4-5,8H2,1-2H3. The number of nitrogens with one attached hydrogen (secondary N) is 1. The molecule has 0 spiro atoms. The number of aryl methyl sites for hydroxylation is 1. The van der Waals surface area contributed by atoms with Gasteiger partial charge in [-0.05, 0) is 49.2 Å². The minimum Gasteiger partial charge on any atom is -0.310 e. The summed E-state index contributed by atoms with van der Waals surface area (Å²) in [7, 11) is 1.97. The van der Waals surface area contributed by atoms with Gasteiger partial charge in [0.15, 0.2) is 5.16 Å². The average molecular weight is 309 g/mol. The average Bonchev–Trinajstić information content (AvgIpc) is 3.20. The largest absolute Gasteiger partial charge is 0.310 e. The maximum absolute atomic E-state index is 6.35. The van der Waals surface area contributed by atoms with Crippen molar-refractivity contribution in [3.8, 4) is 0 Å². The molecule has 1 saturated carbocycles. The van der Waals surface area contributed by atoms with Crippen LogP contribution >= 0.6 is 23.4 Å². The van der Waals surface area contributed by atoms with Crippen molar-refractivity contribution in [3.05, 3.63) is 34.6 Å². The summed E-state index contributed by atoms with van der Waals surface area (Å²) in [4.78, 5) is 1.08. The Morgan fingerprint density at radius 2 is 2.20 bits per heavy atom. The Morgan fingerprint density at radius 1 is 1.40 bits per heavy atom. The van der Waals surface area contributed by atoms with Crippen LogP contribution < -0.4 is 5.32 Å². The van der Waals surface area contributed by atoms with Crippen molar-refractivity contribution in [3.63, 3.8) is 0 Å². The van der Waals surface area contributed by atoms with Crippen molar-refractivity contribution in [2.24, 2.45) is 7.05 Å². The summed E-state index contributed by atoms with van der Waals surface area (Å²) in [6.45, 7) is 2.79. The molecule has 106 valence electrons. The molecule has 0 saturated heterocycles. The van der Waals surface area contributed by atoms with Gasteiger partial charge in [-0.3, -0.25) is 0 Å². The van der Waals surface area contributed by atoms with E-state index in [1.165, 1.54) is 12.8 Å². The van der Waals surface area contributed by atoms with Gasteiger partial charge in [0.2, 0.25) is 0 Å². The normalized spacial score (nSPS) is 14.8. The molecule has 3 rings (SSSR count). The monoisotopic (exact) mass is 308 g/mol. The van der Waals surface area contributed by atoms with Crippen LogP contribution in [0, 0.1) is 6.92 Å². The zero-order valence-corrected chi connectivity index (χ0v) is 13.1. The number of hydrogen-bond donors (Lipinski definition) is 1. The molecular weight excluding hydrogens is 292 g/mol. The molecule has 4 nitrogen and oxygen atoms in total. The molecule has 1 heterocycles. The molecule has 1 aliphatic carbocycles. The van der Waals surface area contributed by atoms with E-state index >= 15 is 0 Å². The van der Waals surface area contributed by atoms with Gasteiger partial charge in [-0.1, -0.05) is 17.7 Å². The SMILES string of the molecule is Cc1nnc(Sc2ccc(CNC3CC3)c(Cl)c2)n1C. The fourth-order valence-electron chi connectivity index (χ4n) is 1.86. The predicted molar refractivity (Wildman–Crippen MR) is 81.2 cm³/mol. The van der Waals surface area contributed by atoms with Gasteiger partial charge >= 0.3 is 0 Å². The minimum absolute atomic E-state index is 0.696. The third-order valence-electron chi connectivity index (χ3n) is 3.44. The molecule has 1 aliphatic rings. The van der Waals surface area contributed by atoms with Crippen LogP contribution in [0.25, 0.3) is 0 Å². The summed E-state index contributed by atoms with van der Waals surface area (Å²) in [5, 5.41) is 13.4. The second-order valence-electron chi connectivity index (χ2n) is 5.10. The Kier molecular flexibility index (Phi) is 4.01. The quantitative estimate of drug-likeness (QED) is 0.921. The van der Waals surface area contributed by atoms with Gasteiger partial charge in [-0.15, -0.1) is 10.2 Å². The highest BCUT2D eigenvalue weighted by molar-refractivity contribution is 7.99. The number of rotatable bonds is 5. The van der Waals surface area contributed by atoms with E-state index in [0.717, 1.165) is 33.0 Å². The molecule has 0 aliphatic heterocycles. The van der Waals surface area contributed by atoms with E-state index in [2.05, 4.69) is 27.6 Å². The van der Waals surface area contributed by atoms with E-state index in [1.54, 1.807) is 11.8 Å². The highest BCUT2D eigenvalue weighted by Gasteiger charge is 2.20. The maximum atomic E-state index is 6.35. The van der Waals surface area contributed by atoms with Gasteiger partial charge in [0.05, 0.1) is 0 Å². The Hall–Kier alpha value is -1.04. The first kappa shape index (κ1) is 13.9. The summed E-state index contributed by atoms with van der Waals surface area (Å²) >= 11 is 7.93. The molecule has 0 bridgehead atoms. The number of hydrogen-bond acceptors (Lipinski definition) is 4. The Balaban J connectivity index is 1.70. The van der Waals surface area contributed by atoms with Gasteiger partial charge in [0.1, 0.15) is 5.82 Å². The number of benzene rings is 1. The molecule has 1 N–H and O–H groups in total. The fraction of sp³-hybridized carbons (Fsp3) is 0.429. The molecule has 0 atom stereocenters. The van der Waals surface area contributed by atoms with Crippen LogP contribution in [0.3, 0.4) is 0 Å². The Morgan fingerprint density at radius 3 is 2.80 bits per heavy atom. The summed E-state index contributed by atoms with van der Waals surface area (Å²) in [5.74, 6) is 0.906. The Labute approximate surface area is 127 Å². The van der Waals surface area contributed by atoms with E-state index in [9.17, 15) is 0 Å².